The molecular formula is C7H5NO4S2. The molecule has 0 spiro atoms. The van der Waals surface area contributed by atoms with Crippen molar-refractivity contribution in [3.05, 3.63) is 17.0 Å². The molecular weight excluding hydrogens is 226 g/mol. The number of aldehydes is 1. The Labute approximate surface area is 83.2 Å². The van der Waals surface area contributed by atoms with Gasteiger partial charge in [-0.05, 0) is 6.07 Å². The summed E-state index contributed by atoms with van der Waals surface area (Å²) in [4.78, 5) is 11.3. The summed E-state index contributed by atoms with van der Waals surface area (Å²) in [6, 6.07) is 2.85. The maximum Gasteiger partial charge on any atom is 0.271 e. The van der Waals surface area contributed by atoms with E-state index in [0.717, 1.165) is 11.3 Å². The fourth-order valence-electron chi connectivity index (χ4n) is 1.03. The first-order chi connectivity index (χ1) is 6.50. The minimum Gasteiger partial charge on any atom is -0.433 e. The first kappa shape index (κ1) is 9.38. The molecule has 0 aliphatic heterocycles. The summed E-state index contributed by atoms with van der Waals surface area (Å²) in [5, 5.41) is 5.15. The lowest BCUT2D eigenvalue weighted by molar-refractivity contribution is 0.112. The number of carbonyl (C=O) groups is 1. The Morgan fingerprint density at radius 1 is 1.43 bits per heavy atom. The first-order valence-corrected chi connectivity index (χ1v) is 5.88. The van der Waals surface area contributed by atoms with Crippen LogP contribution >= 0.6 is 11.3 Å². The molecule has 0 saturated carbocycles. The number of sulfonamides is 1. The summed E-state index contributed by atoms with van der Waals surface area (Å²) < 4.78 is 26.7. The predicted octanol–water partition coefficient (Wildman–Crippen LogP) is 0.954. The van der Waals surface area contributed by atoms with Crippen LogP contribution in [0.1, 0.15) is 9.67 Å². The Hall–Kier alpha value is -1.18. The number of rotatable bonds is 2. The number of thiophene rings is 1. The molecule has 2 aromatic heterocycles. The molecule has 2 N–H and O–H groups in total. The van der Waals surface area contributed by atoms with E-state index in [9.17, 15) is 13.2 Å². The van der Waals surface area contributed by atoms with Gasteiger partial charge >= 0.3 is 0 Å². The highest BCUT2D eigenvalue weighted by Crippen LogP contribution is 2.29. The van der Waals surface area contributed by atoms with Gasteiger partial charge in [0.2, 0.25) is 5.09 Å². The molecule has 2 aromatic rings. The zero-order valence-corrected chi connectivity index (χ0v) is 8.39. The lowest BCUT2D eigenvalue weighted by Gasteiger charge is -1.87. The molecule has 0 bridgehead atoms. The standard InChI is InChI=1S/C7H5NO4S2/c8-14(10,11)6-2-4-1-5(3-9)13-7(4)12-6/h1-3H,(H2,8,10,11). The van der Waals surface area contributed by atoms with Crippen molar-refractivity contribution in [1.29, 1.82) is 0 Å². The number of hydrogen-bond donors (Lipinski definition) is 1. The Balaban J connectivity index is 2.66. The number of carbonyl (C=O) groups excluding carboxylic acids is 1. The molecule has 2 heterocycles. The van der Waals surface area contributed by atoms with Crippen LogP contribution in [0.25, 0.3) is 10.3 Å². The smallest absolute Gasteiger partial charge is 0.271 e. The maximum atomic E-state index is 10.9. The number of primary sulfonamides is 1. The highest BCUT2D eigenvalue weighted by atomic mass is 32.2. The molecule has 0 aliphatic carbocycles. The molecule has 14 heavy (non-hydrogen) atoms. The van der Waals surface area contributed by atoms with Crippen LogP contribution in [-0.4, -0.2) is 14.7 Å². The van der Waals surface area contributed by atoms with Gasteiger partial charge in [0.1, 0.15) is 0 Å². The quantitative estimate of drug-likeness (QED) is 0.779. The van der Waals surface area contributed by atoms with Crippen molar-refractivity contribution in [1.82, 2.24) is 0 Å². The van der Waals surface area contributed by atoms with Gasteiger partial charge in [0.05, 0.1) is 4.88 Å². The summed E-state index contributed by atoms with van der Waals surface area (Å²) in [6.07, 6.45) is 0.677. The van der Waals surface area contributed by atoms with Crippen molar-refractivity contribution < 1.29 is 17.6 Å². The van der Waals surface area contributed by atoms with Crippen LogP contribution in [0.4, 0.5) is 0 Å². The van der Waals surface area contributed by atoms with Gasteiger partial charge in [0.15, 0.2) is 11.2 Å². The minimum atomic E-state index is -3.80. The Bertz CT molecular complexity index is 561. The van der Waals surface area contributed by atoms with E-state index in [-0.39, 0.29) is 5.09 Å². The van der Waals surface area contributed by atoms with E-state index in [1.54, 1.807) is 6.07 Å². The number of nitrogens with two attached hydrogens (primary N) is 1. The van der Waals surface area contributed by atoms with Gasteiger partial charge in [-0.15, -0.1) is 0 Å². The lowest BCUT2D eigenvalue weighted by Crippen LogP contribution is -2.10. The number of fused-ring (bicyclic) bond motifs is 1. The van der Waals surface area contributed by atoms with E-state index < -0.39 is 10.0 Å². The van der Waals surface area contributed by atoms with E-state index in [0.29, 0.717) is 21.4 Å². The van der Waals surface area contributed by atoms with Gasteiger partial charge in [0, 0.05) is 11.5 Å². The predicted molar refractivity (Wildman–Crippen MR) is 50.9 cm³/mol. The Morgan fingerprint density at radius 3 is 2.64 bits per heavy atom. The van der Waals surface area contributed by atoms with Crippen molar-refractivity contribution in [2.24, 2.45) is 5.14 Å². The maximum absolute atomic E-state index is 10.9. The van der Waals surface area contributed by atoms with Gasteiger partial charge < -0.3 is 4.42 Å². The van der Waals surface area contributed by atoms with Crippen molar-refractivity contribution in [3.8, 4) is 0 Å². The zero-order valence-electron chi connectivity index (χ0n) is 6.76. The Morgan fingerprint density at radius 2 is 2.14 bits per heavy atom. The average molecular weight is 231 g/mol. The second kappa shape index (κ2) is 2.91. The Kier molecular flexibility index (Phi) is 1.95. The summed E-state index contributed by atoms with van der Waals surface area (Å²) in [5.74, 6) is 0. The van der Waals surface area contributed by atoms with Crippen molar-refractivity contribution >= 4 is 37.9 Å². The van der Waals surface area contributed by atoms with E-state index in [1.165, 1.54) is 6.07 Å². The van der Waals surface area contributed by atoms with Crippen LogP contribution in [0.3, 0.4) is 0 Å². The minimum absolute atomic E-state index is 0.281. The fourth-order valence-corrected chi connectivity index (χ4v) is 2.39. The second-order valence-corrected chi connectivity index (χ2v) is 5.16. The van der Waals surface area contributed by atoms with Crippen molar-refractivity contribution in [2.75, 3.05) is 0 Å². The van der Waals surface area contributed by atoms with E-state index >= 15 is 0 Å². The van der Waals surface area contributed by atoms with Crippen LogP contribution in [0.2, 0.25) is 0 Å². The van der Waals surface area contributed by atoms with Gasteiger partial charge in [0.25, 0.3) is 10.0 Å². The van der Waals surface area contributed by atoms with Crippen LogP contribution in [-0.2, 0) is 10.0 Å². The normalized spacial score (nSPS) is 12.1. The first-order valence-electron chi connectivity index (χ1n) is 3.52. The summed E-state index contributed by atoms with van der Waals surface area (Å²) in [5.41, 5.74) is 0. The summed E-state index contributed by atoms with van der Waals surface area (Å²) >= 11 is 1.08. The van der Waals surface area contributed by atoms with Gasteiger partial charge in [-0.3, -0.25) is 4.79 Å². The van der Waals surface area contributed by atoms with E-state index in [2.05, 4.69) is 0 Å². The third-order valence-corrected chi connectivity index (χ3v) is 3.32. The SMILES string of the molecule is NS(=O)(=O)c1cc2cc(C=O)sc2o1. The fraction of sp³-hybridized carbons (Fsp3) is 0. The zero-order chi connectivity index (χ0) is 10.3. The second-order valence-electron chi connectivity index (χ2n) is 2.62. The summed E-state index contributed by atoms with van der Waals surface area (Å²) in [7, 11) is -3.80. The van der Waals surface area contributed by atoms with Crippen LogP contribution < -0.4 is 5.14 Å². The van der Waals surface area contributed by atoms with Crippen molar-refractivity contribution in [2.45, 2.75) is 5.09 Å². The molecule has 0 radical (unpaired) electrons. The van der Waals surface area contributed by atoms with Crippen LogP contribution in [0.15, 0.2) is 21.6 Å². The van der Waals surface area contributed by atoms with Gasteiger partial charge in [-0.2, -0.15) is 0 Å². The third kappa shape index (κ3) is 1.45. The largest absolute Gasteiger partial charge is 0.433 e. The number of hydrogen-bond acceptors (Lipinski definition) is 5. The average Bonchev–Trinajstić information content (AvgIpc) is 2.56. The van der Waals surface area contributed by atoms with Gasteiger partial charge in [-0.1, -0.05) is 11.3 Å². The van der Waals surface area contributed by atoms with E-state index in [4.69, 9.17) is 9.56 Å². The molecule has 0 fully saturated rings. The van der Waals surface area contributed by atoms with Crippen LogP contribution in [0, 0.1) is 0 Å². The molecule has 2 rings (SSSR count). The monoisotopic (exact) mass is 231 g/mol. The number of furan rings is 1. The molecule has 5 nitrogen and oxygen atoms in total. The third-order valence-electron chi connectivity index (χ3n) is 1.61. The molecule has 7 heteroatoms. The van der Waals surface area contributed by atoms with Crippen molar-refractivity contribution in [3.63, 3.8) is 0 Å². The molecule has 0 unspecified atom stereocenters. The molecule has 0 atom stereocenters. The molecule has 0 amide bonds. The van der Waals surface area contributed by atoms with Crippen LogP contribution in [0.5, 0.6) is 0 Å². The molecule has 0 saturated heterocycles. The molecule has 74 valence electrons. The molecule has 0 aliphatic rings. The topological polar surface area (TPSA) is 90.4 Å². The van der Waals surface area contributed by atoms with E-state index in [1.807, 2.05) is 0 Å². The lowest BCUT2D eigenvalue weighted by atomic mass is 10.4. The summed E-state index contributed by atoms with van der Waals surface area (Å²) in [6.45, 7) is 0. The molecule has 0 aromatic carbocycles. The highest BCUT2D eigenvalue weighted by Gasteiger charge is 2.16. The highest BCUT2D eigenvalue weighted by molar-refractivity contribution is 7.89. The van der Waals surface area contributed by atoms with Gasteiger partial charge in [-0.25, -0.2) is 13.6 Å².